The number of nitrogens with two attached hydrogens (primary N) is 1. The summed E-state index contributed by atoms with van der Waals surface area (Å²) in [5, 5.41) is 0. The maximum Gasteiger partial charge on any atom is 0.122 e. The molecule has 4 heteroatoms. The average Bonchev–Trinajstić information content (AvgIpc) is 2.81. The van der Waals surface area contributed by atoms with Crippen LogP contribution in [0.5, 0.6) is 5.75 Å². The molecule has 3 N–H and O–H groups in total. The predicted octanol–water partition coefficient (Wildman–Crippen LogP) is 2.55. The Morgan fingerprint density at radius 2 is 2.06 bits per heavy atom. The lowest BCUT2D eigenvalue weighted by molar-refractivity contribution is 0.337. The third-order valence-corrected chi connectivity index (χ3v) is 3.00. The lowest BCUT2D eigenvalue weighted by Crippen LogP contribution is -2.00. The predicted molar refractivity (Wildman–Crippen MR) is 72.6 cm³/mol. The zero-order valence-corrected chi connectivity index (χ0v) is 11.1. The SMILES string of the molecule is CCOc1cc(C)c(-c2nc[nH]c2CN)cc1C. The molecule has 4 nitrogen and oxygen atoms in total. The van der Waals surface area contributed by atoms with Crippen molar-refractivity contribution in [1.82, 2.24) is 9.97 Å². The van der Waals surface area contributed by atoms with Crippen molar-refractivity contribution in [1.29, 1.82) is 0 Å². The molecule has 18 heavy (non-hydrogen) atoms. The van der Waals surface area contributed by atoms with Crippen LogP contribution in [-0.4, -0.2) is 16.6 Å². The average molecular weight is 245 g/mol. The fourth-order valence-corrected chi connectivity index (χ4v) is 2.06. The molecule has 0 aliphatic carbocycles. The zero-order valence-electron chi connectivity index (χ0n) is 11.1. The van der Waals surface area contributed by atoms with Crippen molar-refractivity contribution in [3.05, 3.63) is 35.3 Å². The van der Waals surface area contributed by atoms with Crippen LogP contribution in [-0.2, 0) is 6.54 Å². The summed E-state index contributed by atoms with van der Waals surface area (Å²) in [5.41, 5.74) is 11.0. The number of aryl methyl sites for hydroxylation is 2. The Balaban J connectivity index is 2.49. The maximum atomic E-state index is 5.70. The molecule has 0 fully saturated rings. The number of imidazole rings is 1. The highest BCUT2D eigenvalue weighted by Crippen LogP contribution is 2.30. The van der Waals surface area contributed by atoms with Gasteiger partial charge in [-0.05, 0) is 44.0 Å². The van der Waals surface area contributed by atoms with E-state index in [1.165, 1.54) is 0 Å². The third-order valence-electron chi connectivity index (χ3n) is 3.00. The maximum absolute atomic E-state index is 5.70. The van der Waals surface area contributed by atoms with Gasteiger partial charge in [-0.1, -0.05) is 0 Å². The van der Waals surface area contributed by atoms with Crippen LogP contribution in [0.3, 0.4) is 0 Å². The van der Waals surface area contributed by atoms with Gasteiger partial charge in [0.15, 0.2) is 0 Å². The Hall–Kier alpha value is -1.81. The Bertz CT molecular complexity index is 546. The number of hydrogen-bond donors (Lipinski definition) is 2. The summed E-state index contributed by atoms with van der Waals surface area (Å²) in [6.45, 7) is 7.23. The molecule has 0 bridgehead atoms. The van der Waals surface area contributed by atoms with Gasteiger partial charge in [-0.15, -0.1) is 0 Å². The van der Waals surface area contributed by atoms with Gasteiger partial charge in [-0.25, -0.2) is 4.98 Å². The monoisotopic (exact) mass is 245 g/mol. The van der Waals surface area contributed by atoms with Crippen molar-refractivity contribution >= 4 is 0 Å². The highest BCUT2D eigenvalue weighted by atomic mass is 16.5. The smallest absolute Gasteiger partial charge is 0.122 e. The van der Waals surface area contributed by atoms with Gasteiger partial charge in [0.05, 0.1) is 24.3 Å². The summed E-state index contributed by atoms with van der Waals surface area (Å²) < 4.78 is 5.59. The summed E-state index contributed by atoms with van der Waals surface area (Å²) in [6, 6.07) is 4.17. The Morgan fingerprint density at radius 1 is 1.28 bits per heavy atom. The highest BCUT2D eigenvalue weighted by molar-refractivity contribution is 5.68. The van der Waals surface area contributed by atoms with Crippen molar-refractivity contribution in [2.75, 3.05) is 6.61 Å². The topological polar surface area (TPSA) is 63.9 Å². The first-order valence-corrected chi connectivity index (χ1v) is 6.14. The minimum absolute atomic E-state index is 0.459. The number of nitrogens with zero attached hydrogens (tertiary/aromatic N) is 1. The lowest BCUT2D eigenvalue weighted by Gasteiger charge is -2.12. The Morgan fingerprint density at radius 3 is 2.72 bits per heavy atom. The highest BCUT2D eigenvalue weighted by Gasteiger charge is 2.12. The Labute approximate surface area is 107 Å². The van der Waals surface area contributed by atoms with Gasteiger partial charge in [-0.3, -0.25) is 0 Å². The number of hydrogen-bond acceptors (Lipinski definition) is 3. The number of ether oxygens (including phenoxy) is 1. The first-order chi connectivity index (χ1) is 8.67. The molecule has 0 saturated heterocycles. The summed E-state index contributed by atoms with van der Waals surface area (Å²) in [6.07, 6.45) is 1.68. The van der Waals surface area contributed by atoms with Crippen molar-refractivity contribution in [3.8, 4) is 17.0 Å². The second-order valence-corrected chi connectivity index (χ2v) is 4.30. The molecule has 0 aliphatic rings. The van der Waals surface area contributed by atoms with Gasteiger partial charge in [0, 0.05) is 12.1 Å². The minimum Gasteiger partial charge on any atom is -0.494 e. The van der Waals surface area contributed by atoms with E-state index in [-0.39, 0.29) is 0 Å². The van der Waals surface area contributed by atoms with E-state index in [0.29, 0.717) is 13.2 Å². The Kier molecular flexibility index (Phi) is 3.67. The molecule has 2 aromatic rings. The fourth-order valence-electron chi connectivity index (χ4n) is 2.06. The second-order valence-electron chi connectivity index (χ2n) is 4.30. The quantitative estimate of drug-likeness (QED) is 0.870. The molecule has 0 radical (unpaired) electrons. The van der Waals surface area contributed by atoms with E-state index in [2.05, 4.69) is 29.0 Å². The molecule has 0 unspecified atom stereocenters. The molecule has 1 aromatic carbocycles. The first-order valence-electron chi connectivity index (χ1n) is 6.14. The van der Waals surface area contributed by atoms with Gasteiger partial charge >= 0.3 is 0 Å². The van der Waals surface area contributed by atoms with Crippen LogP contribution >= 0.6 is 0 Å². The molecule has 1 aromatic heterocycles. The summed E-state index contributed by atoms with van der Waals surface area (Å²) in [7, 11) is 0. The lowest BCUT2D eigenvalue weighted by atomic mass is 10.0. The molecule has 0 aliphatic heterocycles. The van der Waals surface area contributed by atoms with E-state index in [9.17, 15) is 0 Å². The number of rotatable bonds is 4. The van der Waals surface area contributed by atoms with Gasteiger partial charge < -0.3 is 15.5 Å². The van der Waals surface area contributed by atoms with E-state index in [1.807, 2.05) is 13.8 Å². The molecule has 96 valence electrons. The molecule has 2 rings (SSSR count). The fraction of sp³-hybridized carbons (Fsp3) is 0.357. The van der Waals surface area contributed by atoms with Gasteiger partial charge in [0.2, 0.25) is 0 Å². The molecule has 1 heterocycles. The van der Waals surface area contributed by atoms with Gasteiger partial charge in [0.1, 0.15) is 5.75 Å². The van der Waals surface area contributed by atoms with E-state index < -0.39 is 0 Å². The molecular formula is C14H19N3O. The number of aromatic amines is 1. The van der Waals surface area contributed by atoms with Crippen LogP contribution in [0.2, 0.25) is 0 Å². The zero-order chi connectivity index (χ0) is 13.1. The number of nitrogens with one attached hydrogen (secondary N) is 1. The van der Waals surface area contributed by atoms with Crippen LogP contribution in [0.25, 0.3) is 11.3 Å². The summed E-state index contributed by atoms with van der Waals surface area (Å²) >= 11 is 0. The van der Waals surface area contributed by atoms with Crippen LogP contribution in [0.4, 0.5) is 0 Å². The summed E-state index contributed by atoms with van der Waals surface area (Å²) in [5.74, 6) is 0.934. The van der Waals surface area contributed by atoms with E-state index >= 15 is 0 Å². The number of benzene rings is 1. The van der Waals surface area contributed by atoms with Crippen LogP contribution < -0.4 is 10.5 Å². The minimum atomic E-state index is 0.459. The molecule has 0 atom stereocenters. The van der Waals surface area contributed by atoms with Crippen molar-refractivity contribution in [2.24, 2.45) is 5.73 Å². The molecule has 0 saturated carbocycles. The first kappa shape index (κ1) is 12.6. The molecule has 0 amide bonds. The number of aromatic nitrogens is 2. The summed E-state index contributed by atoms with van der Waals surface area (Å²) in [4.78, 5) is 7.43. The largest absolute Gasteiger partial charge is 0.494 e. The van der Waals surface area contributed by atoms with Gasteiger partial charge in [-0.2, -0.15) is 0 Å². The third kappa shape index (κ3) is 2.24. The van der Waals surface area contributed by atoms with Crippen molar-refractivity contribution < 1.29 is 4.74 Å². The van der Waals surface area contributed by atoms with E-state index in [4.69, 9.17) is 10.5 Å². The van der Waals surface area contributed by atoms with E-state index in [1.54, 1.807) is 6.33 Å². The van der Waals surface area contributed by atoms with Crippen molar-refractivity contribution in [3.63, 3.8) is 0 Å². The van der Waals surface area contributed by atoms with Crippen molar-refractivity contribution in [2.45, 2.75) is 27.3 Å². The van der Waals surface area contributed by atoms with Gasteiger partial charge in [0.25, 0.3) is 0 Å². The van der Waals surface area contributed by atoms with Crippen LogP contribution in [0, 0.1) is 13.8 Å². The second kappa shape index (κ2) is 5.23. The van der Waals surface area contributed by atoms with Crippen LogP contribution in [0.1, 0.15) is 23.7 Å². The van der Waals surface area contributed by atoms with Crippen LogP contribution in [0.15, 0.2) is 18.5 Å². The standard InChI is InChI=1S/C14H19N3O/c1-4-18-13-6-9(2)11(5-10(13)3)14-12(7-15)16-8-17-14/h5-6,8H,4,7,15H2,1-3H3,(H,16,17). The molecular weight excluding hydrogens is 226 g/mol. The number of H-pyrrole nitrogens is 1. The molecule has 0 spiro atoms. The van der Waals surface area contributed by atoms with E-state index in [0.717, 1.165) is 33.8 Å². The normalized spacial score (nSPS) is 10.7.